The van der Waals surface area contributed by atoms with Gasteiger partial charge >= 0.3 is 5.97 Å². The Labute approximate surface area is 133 Å². The number of benzene rings is 1. The lowest BCUT2D eigenvalue weighted by Crippen LogP contribution is -2.41. The monoisotopic (exact) mass is 305 g/mol. The number of carbonyl (C=O) groups is 1. The lowest BCUT2D eigenvalue weighted by Gasteiger charge is -2.30. The Hall–Kier alpha value is -1.39. The van der Waals surface area contributed by atoms with Crippen LogP contribution in [0.5, 0.6) is 0 Å². The molecule has 0 N–H and O–H groups in total. The Morgan fingerprint density at radius 2 is 1.95 bits per heavy atom. The molecule has 0 unspecified atom stereocenters. The highest BCUT2D eigenvalue weighted by Gasteiger charge is 2.38. The van der Waals surface area contributed by atoms with E-state index in [0.29, 0.717) is 12.5 Å². The van der Waals surface area contributed by atoms with Gasteiger partial charge in [0, 0.05) is 0 Å². The van der Waals surface area contributed by atoms with Crippen LogP contribution in [-0.4, -0.2) is 35.8 Å². The van der Waals surface area contributed by atoms with E-state index in [0.717, 1.165) is 0 Å². The summed E-state index contributed by atoms with van der Waals surface area (Å²) in [7, 11) is 0. The van der Waals surface area contributed by atoms with Crippen molar-refractivity contribution in [3.8, 4) is 0 Å². The topological polar surface area (TPSA) is 38.8 Å². The molecule has 1 fully saturated rings. The molecule has 0 aromatic heterocycles. The number of ether oxygens (including phenoxy) is 2. The fourth-order valence-electron chi connectivity index (χ4n) is 2.82. The molecule has 1 aromatic carbocycles. The minimum Gasteiger partial charge on any atom is -0.459 e. The van der Waals surface area contributed by atoms with Gasteiger partial charge in [0.05, 0.1) is 19.2 Å². The van der Waals surface area contributed by atoms with Crippen molar-refractivity contribution in [2.75, 3.05) is 13.2 Å². The van der Waals surface area contributed by atoms with Gasteiger partial charge in [0.1, 0.15) is 11.8 Å². The van der Waals surface area contributed by atoms with E-state index in [1.165, 1.54) is 5.56 Å². The van der Waals surface area contributed by atoms with Crippen molar-refractivity contribution in [1.29, 1.82) is 0 Å². The molecule has 1 aliphatic heterocycles. The maximum absolute atomic E-state index is 12.2. The summed E-state index contributed by atoms with van der Waals surface area (Å²) in [6, 6.07) is 10.3. The van der Waals surface area contributed by atoms with Crippen LogP contribution >= 0.6 is 0 Å². The summed E-state index contributed by atoms with van der Waals surface area (Å²) in [6.07, 6.45) is -0.0577. The van der Waals surface area contributed by atoms with Crippen molar-refractivity contribution in [2.45, 2.75) is 52.5 Å². The largest absolute Gasteiger partial charge is 0.459 e. The number of hydrogen-bond donors (Lipinski definition) is 0. The van der Waals surface area contributed by atoms with Crippen LogP contribution in [0.2, 0.25) is 0 Å². The molecule has 0 bridgehead atoms. The molecule has 4 heteroatoms. The van der Waals surface area contributed by atoms with Crippen LogP contribution in [0.15, 0.2) is 30.3 Å². The van der Waals surface area contributed by atoms with Crippen LogP contribution in [0.3, 0.4) is 0 Å². The van der Waals surface area contributed by atoms with Crippen molar-refractivity contribution >= 4 is 5.97 Å². The summed E-state index contributed by atoms with van der Waals surface area (Å²) in [4.78, 5) is 14.4. The van der Waals surface area contributed by atoms with Crippen molar-refractivity contribution in [3.05, 3.63) is 35.9 Å². The van der Waals surface area contributed by atoms with Gasteiger partial charge in [-0.3, -0.25) is 9.69 Å². The molecule has 1 aromatic rings. The lowest BCUT2D eigenvalue weighted by molar-refractivity contribution is -0.158. The predicted octanol–water partition coefficient (Wildman–Crippen LogP) is 3.38. The van der Waals surface area contributed by atoms with Crippen molar-refractivity contribution in [1.82, 2.24) is 4.90 Å². The zero-order valence-corrected chi connectivity index (χ0v) is 14.2. The van der Waals surface area contributed by atoms with E-state index in [-0.39, 0.29) is 24.8 Å². The molecule has 0 radical (unpaired) electrons. The first-order valence-electron chi connectivity index (χ1n) is 7.92. The Morgan fingerprint density at radius 1 is 1.32 bits per heavy atom. The number of rotatable bonds is 4. The minimum absolute atomic E-state index is 0.0577. The molecule has 1 aliphatic rings. The number of hydrogen-bond acceptors (Lipinski definition) is 4. The second kappa shape index (κ2) is 6.80. The average Bonchev–Trinajstić information content (AvgIpc) is 2.81. The normalized spacial score (nSPS) is 23.0. The second-order valence-corrected chi connectivity index (χ2v) is 7.15. The Morgan fingerprint density at radius 3 is 2.50 bits per heavy atom. The van der Waals surface area contributed by atoms with E-state index >= 15 is 0 Å². The molecule has 4 nitrogen and oxygen atoms in total. The van der Waals surface area contributed by atoms with Gasteiger partial charge in [-0.05, 0) is 32.3 Å². The Kier molecular flexibility index (Phi) is 5.24. The van der Waals surface area contributed by atoms with E-state index in [1.54, 1.807) is 0 Å². The van der Waals surface area contributed by atoms with Gasteiger partial charge in [-0.15, -0.1) is 0 Å². The molecule has 1 heterocycles. The van der Waals surface area contributed by atoms with Gasteiger partial charge in [0.2, 0.25) is 0 Å². The molecule has 0 amide bonds. The van der Waals surface area contributed by atoms with Crippen LogP contribution in [0.1, 0.15) is 46.2 Å². The first kappa shape index (κ1) is 17.0. The van der Waals surface area contributed by atoms with Gasteiger partial charge in [-0.2, -0.15) is 0 Å². The zero-order valence-electron chi connectivity index (χ0n) is 14.2. The Bertz CT molecular complexity index is 493. The summed E-state index contributed by atoms with van der Waals surface area (Å²) in [5.74, 6) is 0.112. The van der Waals surface area contributed by atoms with Gasteiger partial charge in [0.15, 0.2) is 0 Å². The summed E-state index contributed by atoms with van der Waals surface area (Å²) >= 11 is 0. The molecule has 122 valence electrons. The molecule has 0 spiro atoms. The van der Waals surface area contributed by atoms with Crippen LogP contribution < -0.4 is 0 Å². The molecule has 0 aliphatic carbocycles. The van der Waals surface area contributed by atoms with Crippen LogP contribution in [0.25, 0.3) is 0 Å². The summed E-state index contributed by atoms with van der Waals surface area (Å²) in [5, 5.41) is 0. The smallest absolute Gasteiger partial charge is 0.320 e. The highest BCUT2D eigenvalue weighted by Crippen LogP contribution is 2.33. The van der Waals surface area contributed by atoms with Crippen molar-refractivity contribution in [2.24, 2.45) is 5.92 Å². The SMILES string of the molecule is CC(C)[C@H]1OC[C@@H](c2ccccc2)N1CC(=O)OC(C)(C)C. The molecule has 22 heavy (non-hydrogen) atoms. The second-order valence-electron chi connectivity index (χ2n) is 7.15. The van der Waals surface area contributed by atoms with E-state index in [9.17, 15) is 4.79 Å². The van der Waals surface area contributed by atoms with Crippen molar-refractivity contribution < 1.29 is 14.3 Å². The van der Waals surface area contributed by atoms with Gasteiger partial charge in [-0.1, -0.05) is 44.2 Å². The molecule has 2 atom stereocenters. The number of carbonyl (C=O) groups excluding carboxylic acids is 1. The van der Waals surface area contributed by atoms with Gasteiger partial charge in [0.25, 0.3) is 0 Å². The van der Waals surface area contributed by atoms with Crippen LogP contribution in [0, 0.1) is 5.92 Å². The van der Waals surface area contributed by atoms with E-state index in [1.807, 2.05) is 39.0 Å². The maximum atomic E-state index is 12.2. The van der Waals surface area contributed by atoms with Crippen LogP contribution in [-0.2, 0) is 14.3 Å². The zero-order chi connectivity index (χ0) is 16.3. The first-order valence-corrected chi connectivity index (χ1v) is 7.92. The standard InChI is InChI=1S/C18H27NO3/c1-13(2)17-19(11-16(20)22-18(3,4)5)15(12-21-17)14-9-7-6-8-10-14/h6-10,13,15,17H,11-12H2,1-5H3/t15-,17+/m0/s1. The van der Waals surface area contributed by atoms with Crippen LogP contribution in [0.4, 0.5) is 0 Å². The average molecular weight is 305 g/mol. The quantitative estimate of drug-likeness (QED) is 0.799. The molecular weight excluding hydrogens is 278 g/mol. The third kappa shape index (κ3) is 4.31. The first-order chi connectivity index (χ1) is 10.3. The fraction of sp³-hybridized carbons (Fsp3) is 0.611. The molecule has 2 rings (SSSR count). The highest BCUT2D eigenvalue weighted by atomic mass is 16.6. The Balaban J connectivity index is 2.15. The summed E-state index contributed by atoms with van der Waals surface area (Å²) in [5.41, 5.74) is 0.710. The van der Waals surface area contributed by atoms with Gasteiger partial charge in [-0.25, -0.2) is 0 Å². The molecule has 0 saturated carbocycles. The third-order valence-electron chi connectivity index (χ3n) is 3.64. The third-order valence-corrected chi connectivity index (χ3v) is 3.64. The van der Waals surface area contributed by atoms with E-state index in [4.69, 9.17) is 9.47 Å². The van der Waals surface area contributed by atoms with E-state index in [2.05, 4.69) is 30.9 Å². The predicted molar refractivity (Wildman–Crippen MR) is 86.3 cm³/mol. The summed E-state index contributed by atoms with van der Waals surface area (Å²) in [6.45, 7) is 10.7. The molecule has 1 saturated heterocycles. The minimum atomic E-state index is -0.465. The summed E-state index contributed by atoms with van der Waals surface area (Å²) < 4.78 is 11.4. The highest BCUT2D eigenvalue weighted by molar-refractivity contribution is 5.72. The van der Waals surface area contributed by atoms with Crippen molar-refractivity contribution in [3.63, 3.8) is 0 Å². The lowest BCUT2D eigenvalue weighted by atomic mass is 10.1. The fourth-order valence-corrected chi connectivity index (χ4v) is 2.82. The van der Waals surface area contributed by atoms with E-state index < -0.39 is 5.60 Å². The number of esters is 1. The van der Waals surface area contributed by atoms with Gasteiger partial charge < -0.3 is 9.47 Å². The number of nitrogens with zero attached hydrogens (tertiary/aromatic N) is 1. The maximum Gasteiger partial charge on any atom is 0.320 e. The molecular formula is C18H27NO3.